The zero-order valence-corrected chi connectivity index (χ0v) is 17.5. The number of amides is 1. The minimum atomic E-state index is -0.557. The zero-order chi connectivity index (χ0) is 21.6. The summed E-state index contributed by atoms with van der Waals surface area (Å²) in [6.07, 6.45) is 3.56. The molecule has 8 heteroatoms. The second-order valence-corrected chi connectivity index (χ2v) is 7.47. The molecule has 1 fully saturated rings. The lowest BCUT2D eigenvalue weighted by molar-refractivity contribution is -0.120. The van der Waals surface area contributed by atoms with Crippen molar-refractivity contribution in [1.82, 2.24) is 9.47 Å². The van der Waals surface area contributed by atoms with Gasteiger partial charge in [-0.2, -0.15) is 0 Å². The van der Waals surface area contributed by atoms with Crippen LogP contribution in [-0.2, 0) is 11.5 Å². The first-order valence-corrected chi connectivity index (χ1v) is 10.4. The molecule has 0 atom stereocenters. The van der Waals surface area contributed by atoms with Crippen LogP contribution in [0.3, 0.4) is 0 Å². The zero-order valence-electron chi connectivity index (χ0n) is 17.5. The van der Waals surface area contributed by atoms with E-state index in [2.05, 4.69) is 15.1 Å². The molecule has 2 heterocycles. The lowest BCUT2D eigenvalue weighted by Gasteiger charge is -2.27. The molecule has 1 amide bonds. The SMILES string of the molecule is COc1ccccc1OCC(=O)N=Nc1c(O)n(CN2CCCCC2)c2ccccc12. The number of rotatable bonds is 7. The molecular formula is C23H26N4O4. The van der Waals surface area contributed by atoms with E-state index in [9.17, 15) is 9.90 Å². The van der Waals surface area contributed by atoms with E-state index < -0.39 is 5.91 Å². The average Bonchev–Trinajstić information content (AvgIpc) is 3.08. The molecule has 4 rings (SSSR count). The lowest BCUT2D eigenvalue weighted by atomic mass is 10.1. The molecule has 0 spiro atoms. The van der Waals surface area contributed by atoms with Gasteiger partial charge in [-0.15, -0.1) is 10.2 Å². The Morgan fingerprint density at radius 2 is 1.74 bits per heavy atom. The van der Waals surface area contributed by atoms with Gasteiger partial charge in [-0.05, 0) is 44.1 Å². The predicted octanol–water partition coefficient (Wildman–Crippen LogP) is 4.49. The van der Waals surface area contributed by atoms with Crippen LogP contribution in [0.5, 0.6) is 17.4 Å². The highest BCUT2D eigenvalue weighted by Crippen LogP contribution is 2.39. The monoisotopic (exact) mass is 422 g/mol. The first-order valence-electron chi connectivity index (χ1n) is 10.4. The summed E-state index contributed by atoms with van der Waals surface area (Å²) >= 11 is 0. The molecule has 3 aromatic rings. The van der Waals surface area contributed by atoms with E-state index in [1.807, 2.05) is 34.9 Å². The molecule has 0 bridgehead atoms. The number of nitrogens with zero attached hydrogens (tertiary/aromatic N) is 4. The molecule has 1 saturated heterocycles. The van der Waals surface area contributed by atoms with Gasteiger partial charge in [0.25, 0.3) is 0 Å². The second kappa shape index (κ2) is 9.61. The molecule has 1 aliphatic rings. The number of aromatic nitrogens is 1. The fourth-order valence-electron chi connectivity index (χ4n) is 3.83. The summed E-state index contributed by atoms with van der Waals surface area (Å²) in [6, 6.07) is 14.7. The smallest absolute Gasteiger partial charge is 0.302 e. The third-order valence-electron chi connectivity index (χ3n) is 5.39. The van der Waals surface area contributed by atoms with Gasteiger partial charge in [0.1, 0.15) is 0 Å². The van der Waals surface area contributed by atoms with E-state index in [1.54, 1.807) is 18.2 Å². The van der Waals surface area contributed by atoms with Crippen molar-refractivity contribution < 1.29 is 19.4 Å². The van der Waals surface area contributed by atoms with Crippen LogP contribution >= 0.6 is 0 Å². The Kier molecular flexibility index (Phi) is 6.47. The molecule has 0 saturated carbocycles. The first kappa shape index (κ1) is 20.9. The highest BCUT2D eigenvalue weighted by atomic mass is 16.5. The van der Waals surface area contributed by atoms with Crippen LogP contribution in [0.15, 0.2) is 58.8 Å². The minimum absolute atomic E-state index is 0.00831. The van der Waals surface area contributed by atoms with Crippen molar-refractivity contribution in [2.24, 2.45) is 10.2 Å². The van der Waals surface area contributed by atoms with E-state index >= 15 is 0 Å². The van der Waals surface area contributed by atoms with E-state index in [0.29, 0.717) is 23.9 Å². The van der Waals surface area contributed by atoms with Crippen LogP contribution < -0.4 is 9.47 Å². The van der Waals surface area contributed by atoms with Crippen LogP contribution in [0.4, 0.5) is 5.69 Å². The third-order valence-corrected chi connectivity index (χ3v) is 5.39. The quantitative estimate of drug-likeness (QED) is 0.567. The molecule has 8 nitrogen and oxygen atoms in total. The minimum Gasteiger partial charge on any atom is -0.493 e. The number of ether oxygens (including phenoxy) is 2. The highest BCUT2D eigenvalue weighted by molar-refractivity contribution is 5.95. The van der Waals surface area contributed by atoms with Gasteiger partial charge in [0.05, 0.1) is 19.3 Å². The second-order valence-electron chi connectivity index (χ2n) is 7.47. The summed E-state index contributed by atoms with van der Waals surface area (Å²) in [7, 11) is 1.53. The number of carbonyl (C=O) groups excluding carboxylic acids is 1. The Morgan fingerprint density at radius 3 is 2.52 bits per heavy atom. The van der Waals surface area contributed by atoms with Crippen LogP contribution in [0.1, 0.15) is 19.3 Å². The van der Waals surface area contributed by atoms with Crippen molar-refractivity contribution >= 4 is 22.5 Å². The fraction of sp³-hybridized carbons (Fsp3) is 0.348. The first-order chi connectivity index (χ1) is 15.2. The molecule has 0 radical (unpaired) electrons. The number of piperidine rings is 1. The van der Waals surface area contributed by atoms with Gasteiger partial charge >= 0.3 is 5.91 Å². The van der Waals surface area contributed by atoms with Crippen molar-refractivity contribution in [3.8, 4) is 17.4 Å². The molecule has 0 unspecified atom stereocenters. The van der Waals surface area contributed by atoms with E-state index in [1.165, 1.54) is 13.5 Å². The van der Waals surface area contributed by atoms with Gasteiger partial charge in [-0.25, -0.2) is 0 Å². The van der Waals surface area contributed by atoms with Gasteiger partial charge in [0.2, 0.25) is 5.88 Å². The maximum atomic E-state index is 12.2. The summed E-state index contributed by atoms with van der Waals surface area (Å²) in [5.74, 6) is 0.437. The van der Waals surface area contributed by atoms with Crippen LogP contribution in [0, 0.1) is 0 Å². The van der Waals surface area contributed by atoms with Crippen molar-refractivity contribution in [3.05, 3.63) is 48.5 Å². The Bertz CT molecular complexity index is 1090. The van der Waals surface area contributed by atoms with E-state index in [-0.39, 0.29) is 12.5 Å². The van der Waals surface area contributed by atoms with Crippen molar-refractivity contribution in [1.29, 1.82) is 0 Å². The van der Waals surface area contributed by atoms with Crippen molar-refractivity contribution in [2.75, 3.05) is 26.8 Å². The van der Waals surface area contributed by atoms with Gasteiger partial charge in [-0.1, -0.05) is 36.8 Å². The summed E-state index contributed by atoms with van der Waals surface area (Å²) in [5, 5.41) is 19.5. The summed E-state index contributed by atoms with van der Waals surface area (Å²) in [6.45, 7) is 2.30. The van der Waals surface area contributed by atoms with Crippen molar-refractivity contribution in [2.45, 2.75) is 25.9 Å². The maximum Gasteiger partial charge on any atom is 0.302 e. The fourth-order valence-corrected chi connectivity index (χ4v) is 3.83. The molecule has 2 aromatic carbocycles. The Labute approximate surface area is 180 Å². The number of hydrogen-bond donors (Lipinski definition) is 1. The molecule has 1 aromatic heterocycles. The summed E-state index contributed by atoms with van der Waals surface area (Å²) in [5.41, 5.74) is 1.15. The van der Waals surface area contributed by atoms with Crippen molar-refractivity contribution in [3.63, 3.8) is 0 Å². The van der Waals surface area contributed by atoms with Gasteiger partial charge in [0, 0.05) is 5.39 Å². The highest BCUT2D eigenvalue weighted by Gasteiger charge is 2.19. The summed E-state index contributed by atoms with van der Waals surface area (Å²) in [4.78, 5) is 14.5. The number of methoxy groups -OCH3 is 1. The number of likely N-dealkylation sites (tertiary alicyclic amines) is 1. The molecule has 0 aliphatic carbocycles. The standard InChI is InChI=1S/C23H26N4O4/c1-30-19-11-5-6-12-20(19)31-15-21(28)24-25-22-17-9-3-4-10-18(17)27(23(22)29)16-26-13-7-2-8-14-26/h3-6,9-12,29H,2,7-8,13-16H2,1H3. The number of carbonyl (C=O) groups is 1. The molecular weight excluding hydrogens is 396 g/mol. The largest absolute Gasteiger partial charge is 0.493 e. The summed E-state index contributed by atoms with van der Waals surface area (Å²) < 4.78 is 12.5. The number of aromatic hydroxyl groups is 1. The van der Waals surface area contributed by atoms with Gasteiger partial charge in [-0.3, -0.25) is 14.3 Å². The Hall–Kier alpha value is -3.39. The lowest BCUT2D eigenvalue weighted by Crippen LogP contribution is -2.31. The van der Waals surface area contributed by atoms with E-state index in [4.69, 9.17) is 9.47 Å². The third kappa shape index (κ3) is 4.69. The number of fused-ring (bicyclic) bond motifs is 1. The van der Waals surface area contributed by atoms with E-state index in [0.717, 1.165) is 36.8 Å². The number of para-hydroxylation sites is 3. The molecule has 1 aliphatic heterocycles. The molecule has 1 N–H and O–H groups in total. The number of azo groups is 1. The van der Waals surface area contributed by atoms with Gasteiger partial charge in [0.15, 0.2) is 23.8 Å². The Morgan fingerprint density at radius 1 is 1.03 bits per heavy atom. The predicted molar refractivity (Wildman–Crippen MR) is 117 cm³/mol. The number of benzene rings is 2. The van der Waals surface area contributed by atoms with Crippen LogP contribution in [0.25, 0.3) is 10.9 Å². The van der Waals surface area contributed by atoms with Gasteiger partial charge < -0.3 is 14.6 Å². The van der Waals surface area contributed by atoms with Crippen LogP contribution in [-0.4, -0.2) is 47.3 Å². The topological polar surface area (TPSA) is 88.6 Å². The number of hydrogen-bond acceptors (Lipinski definition) is 6. The Balaban J connectivity index is 1.51. The molecule has 162 valence electrons. The normalized spacial score (nSPS) is 14.9. The average molecular weight is 422 g/mol. The maximum absolute atomic E-state index is 12.2. The van der Waals surface area contributed by atoms with Crippen LogP contribution in [0.2, 0.25) is 0 Å². The molecule has 31 heavy (non-hydrogen) atoms.